The molecule has 0 aliphatic heterocycles. The van der Waals surface area contributed by atoms with Crippen molar-refractivity contribution in [2.24, 2.45) is 16.2 Å². The van der Waals surface area contributed by atoms with E-state index in [0.29, 0.717) is 18.7 Å². The molecule has 3 nitrogen and oxygen atoms in total. The molecule has 0 aliphatic carbocycles. The van der Waals surface area contributed by atoms with Crippen LogP contribution in [0, 0.1) is 16.2 Å². The Kier molecular flexibility index (Phi) is 9.13. The minimum Gasteiger partial charge on any atom is -0.356 e. The summed E-state index contributed by atoms with van der Waals surface area (Å²) >= 11 is 0. The van der Waals surface area contributed by atoms with E-state index in [9.17, 15) is 9.59 Å². The Bertz CT molecular complexity index is 336. The molecule has 1 N–H and O–H groups in total. The van der Waals surface area contributed by atoms with Gasteiger partial charge < -0.3 is 5.32 Å². The molecule has 0 aromatic carbocycles. The third-order valence-electron chi connectivity index (χ3n) is 3.25. The summed E-state index contributed by atoms with van der Waals surface area (Å²) in [6.45, 7) is 20.6. The average Bonchev–Trinajstić information content (AvgIpc) is 2.26. The van der Waals surface area contributed by atoms with Gasteiger partial charge in [0, 0.05) is 25.3 Å². The van der Waals surface area contributed by atoms with Crippen molar-refractivity contribution >= 4 is 11.7 Å². The van der Waals surface area contributed by atoms with E-state index in [1.54, 1.807) is 0 Å². The van der Waals surface area contributed by atoms with E-state index in [-0.39, 0.29) is 22.2 Å². The summed E-state index contributed by atoms with van der Waals surface area (Å²) in [6.07, 6.45) is 1.49. The molecule has 0 fully saturated rings. The van der Waals surface area contributed by atoms with E-state index in [1.165, 1.54) is 6.92 Å². The predicted molar refractivity (Wildman–Crippen MR) is 91.3 cm³/mol. The first-order valence-electron chi connectivity index (χ1n) is 8.03. The molecule has 0 saturated heterocycles. The van der Waals surface area contributed by atoms with Crippen LogP contribution < -0.4 is 5.32 Å². The average molecular weight is 299 g/mol. The summed E-state index contributed by atoms with van der Waals surface area (Å²) < 4.78 is 0. The molecule has 0 aliphatic rings. The van der Waals surface area contributed by atoms with Gasteiger partial charge >= 0.3 is 0 Å². The van der Waals surface area contributed by atoms with Gasteiger partial charge in [0.2, 0.25) is 5.91 Å². The minimum absolute atomic E-state index is 0.00310. The monoisotopic (exact) mass is 299 g/mol. The van der Waals surface area contributed by atoms with Crippen LogP contribution in [0.1, 0.15) is 82.1 Å². The fraction of sp³-hybridized carbons (Fsp3) is 0.889. The second kappa shape index (κ2) is 8.55. The molecular formula is C18H37NO2. The highest BCUT2D eigenvalue weighted by molar-refractivity contribution is 5.84. The highest BCUT2D eigenvalue weighted by Gasteiger charge is 2.33. The Morgan fingerprint density at radius 1 is 0.857 bits per heavy atom. The molecule has 21 heavy (non-hydrogen) atoms. The quantitative estimate of drug-likeness (QED) is 0.779. The second-order valence-electron chi connectivity index (χ2n) is 8.26. The van der Waals surface area contributed by atoms with Crippen LogP contribution in [-0.4, -0.2) is 18.2 Å². The highest BCUT2D eigenvalue weighted by atomic mass is 16.1. The van der Waals surface area contributed by atoms with E-state index in [1.807, 2.05) is 34.6 Å². The van der Waals surface area contributed by atoms with Crippen molar-refractivity contribution in [2.45, 2.75) is 82.1 Å². The maximum Gasteiger partial charge on any atom is 0.216 e. The molecule has 0 saturated carbocycles. The number of carbonyl (C=O) groups excluding carboxylic acids is 2. The van der Waals surface area contributed by atoms with Crippen molar-refractivity contribution in [1.82, 2.24) is 5.32 Å². The number of Topliss-reactive ketones (excluding diaryl/α,β-unsaturated/α-hetero) is 1. The molecule has 0 bridgehead atoms. The molecule has 0 heterocycles. The zero-order valence-electron chi connectivity index (χ0n) is 15.9. The summed E-state index contributed by atoms with van der Waals surface area (Å²) in [4.78, 5) is 23.2. The zero-order valence-corrected chi connectivity index (χ0v) is 15.9. The fourth-order valence-electron chi connectivity index (χ4n) is 2.48. The third kappa shape index (κ3) is 11.5. The van der Waals surface area contributed by atoms with Crippen molar-refractivity contribution in [1.29, 1.82) is 0 Å². The normalized spacial score (nSPS) is 12.3. The lowest BCUT2D eigenvalue weighted by molar-refractivity contribution is -0.129. The van der Waals surface area contributed by atoms with Crippen molar-refractivity contribution in [3.8, 4) is 0 Å². The summed E-state index contributed by atoms with van der Waals surface area (Å²) in [6, 6.07) is 0. The molecule has 0 spiro atoms. The smallest absolute Gasteiger partial charge is 0.216 e. The number of hydrogen-bond donors (Lipinski definition) is 1. The van der Waals surface area contributed by atoms with Crippen LogP contribution in [0.25, 0.3) is 0 Å². The summed E-state index contributed by atoms with van der Waals surface area (Å²) in [5.74, 6) is 0.296. The van der Waals surface area contributed by atoms with Crippen LogP contribution in [0.3, 0.4) is 0 Å². The number of nitrogens with one attached hydrogen (secondary N) is 1. The van der Waals surface area contributed by atoms with Gasteiger partial charge in [-0.15, -0.1) is 0 Å². The molecule has 0 rings (SSSR count). The van der Waals surface area contributed by atoms with E-state index < -0.39 is 0 Å². The molecular weight excluding hydrogens is 262 g/mol. The van der Waals surface area contributed by atoms with Crippen LogP contribution in [0.4, 0.5) is 0 Å². The number of hydrogen-bond acceptors (Lipinski definition) is 2. The predicted octanol–water partition coefficient (Wildman–Crippen LogP) is 4.60. The first-order valence-corrected chi connectivity index (χ1v) is 8.03. The Labute approximate surface area is 132 Å². The van der Waals surface area contributed by atoms with Gasteiger partial charge in [0.25, 0.3) is 0 Å². The Morgan fingerprint density at radius 3 is 1.62 bits per heavy atom. The third-order valence-corrected chi connectivity index (χ3v) is 3.25. The summed E-state index contributed by atoms with van der Waals surface area (Å²) in [5, 5.41) is 2.87. The topological polar surface area (TPSA) is 46.2 Å². The van der Waals surface area contributed by atoms with Gasteiger partial charge in [0.15, 0.2) is 0 Å². The van der Waals surface area contributed by atoms with Gasteiger partial charge in [-0.05, 0) is 17.3 Å². The van der Waals surface area contributed by atoms with Gasteiger partial charge in [-0.1, -0.05) is 62.3 Å². The number of amides is 1. The zero-order chi connectivity index (χ0) is 17.5. The standard InChI is InChI=1S/C16H31NO2.C2H6/c1-12(18)17-11-16(7,8)10-15(5,6)9-13(19)14(2,3)4;1-2/h9-11H2,1-8H3,(H,17,18);1-2H3. The van der Waals surface area contributed by atoms with Gasteiger partial charge in [-0.25, -0.2) is 0 Å². The molecule has 0 atom stereocenters. The fourth-order valence-corrected chi connectivity index (χ4v) is 2.48. The lowest BCUT2D eigenvalue weighted by Gasteiger charge is -2.36. The first kappa shape index (κ1) is 22.4. The van der Waals surface area contributed by atoms with Crippen molar-refractivity contribution < 1.29 is 9.59 Å². The molecule has 0 aromatic heterocycles. The Hall–Kier alpha value is -0.860. The Balaban J connectivity index is 0. The van der Waals surface area contributed by atoms with Crippen molar-refractivity contribution in [3.63, 3.8) is 0 Å². The van der Waals surface area contributed by atoms with Gasteiger partial charge in [-0.3, -0.25) is 9.59 Å². The van der Waals surface area contributed by atoms with Crippen molar-refractivity contribution in [3.05, 3.63) is 0 Å². The summed E-state index contributed by atoms with van der Waals surface area (Å²) in [5.41, 5.74) is -0.335. The van der Waals surface area contributed by atoms with Gasteiger partial charge in [0.05, 0.1) is 0 Å². The molecule has 0 radical (unpaired) electrons. The number of ketones is 1. The molecule has 0 unspecified atom stereocenters. The van der Waals surface area contributed by atoms with Crippen LogP contribution in [0.5, 0.6) is 0 Å². The number of carbonyl (C=O) groups is 2. The molecule has 0 aromatic rings. The summed E-state index contributed by atoms with van der Waals surface area (Å²) in [7, 11) is 0. The van der Waals surface area contributed by atoms with Crippen molar-refractivity contribution in [2.75, 3.05) is 6.54 Å². The first-order chi connectivity index (χ1) is 9.25. The van der Waals surface area contributed by atoms with E-state index >= 15 is 0 Å². The van der Waals surface area contributed by atoms with Gasteiger partial charge in [-0.2, -0.15) is 0 Å². The Morgan fingerprint density at radius 2 is 1.29 bits per heavy atom. The largest absolute Gasteiger partial charge is 0.356 e. The van der Waals surface area contributed by atoms with E-state index in [0.717, 1.165) is 6.42 Å². The molecule has 3 heteroatoms. The van der Waals surface area contributed by atoms with Crippen LogP contribution in [0.15, 0.2) is 0 Å². The number of rotatable bonds is 6. The molecule has 126 valence electrons. The SMILES string of the molecule is CC.CC(=O)NCC(C)(C)CC(C)(C)CC(=O)C(C)(C)C. The van der Waals surface area contributed by atoms with E-state index in [2.05, 4.69) is 33.0 Å². The maximum atomic E-state index is 12.2. The van der Waals surface area contributed by atoms with Crippen LogP contribution in [0.2, 0.25) is 0 Å². The second-order valence-corrected chi connectivity index (χ2v) is 8.26. The lowest BCUT2D eigenvalue weighted by atomic mass is 9.70. The lowest BCUT2D eigenvalue weighted by Crippen LogP contribution is -2.37. The van der Waals surface area contributed by atoms with Crippen LogP contribution in [-0.2, 0) is 9.59 Å². The molecule has 1 amide bonds. The highest BCUT2D eigenvalue weighted by Crippen LogP contribution is 2.37. The maximum absolute atomic E-state index is 12.2. The van der Waals surface area contributed by atoms with E-state index in [4.69, 9.17) is 0 Å². The van der Waals surface area contributed by atoms with Crippen LogP contribution >= 0.6 is 0 Å². The van der Waals surface area contributed by atoms with Gasteiger partial charge in [0.1, 0.15) is 5.78 Å². The minimum atomic E-state index is -0.279.